The van der Waals surface area contributed by atoms with Gasteiger partial charge in [0.2, 0.25) is 5.91 Å². The first kappa shape index (κ1) is 18.6. The zero-order valence-corrected chi connectivity index (χ0v) is 15.9. The van der Waals surface area contributed by atoms with Crippen molar-refractivity contribution in [1.82, 2.24) is 15.2 Å². The first-order valence-electron chi connectivity index (χ1n) is 8.95. The van der Waals surface area contributed by atoms with Crippen LogP contribution in [0.3, 0.4) is 0 Å². The molecule has 2 N–H and O–H groups in total. The van der Waals surface area contributed by atoms with Gasteiger partial charge in [0, 0.05) is 40.8 Å². The molecule has 1 aromatic carbocycles. The van der Waals surface area contributed by atoms with E-state index in [-0.39, 0.29) is 18.0 Å². The number of carbonyl (C=O) groups excluding carboxylic acids is 2. The van der Waals surface area contributed by atoms with Crippen molar-refractivity contribution in [2.24, 2.45) is 0 Å². The van der Waals surface area contributed by atoms with E-state index in [0.29, 0.717) is 31.1 Å². The number of benzene rings is 1. The third kappa shape index (κ3) is 4.12. The number of halogens is 1. The third-order valence-electron chi connectivity index (χ3n) is 4.80. The number of aromatic nitrogens is 1. The van der Waals surface area contributed by atoms with E-state index in [9.17, 15) is 9.59 Å². The minimum Gasteiger partial charge on any atom is -0.450 e. The zero-order chi connectivity index (χ0) is 18.7. The van der Waals surface area contributed by atoms with E-state index >= 15 is 0 Å². The summed E-state index contributed by atoms with van der Waals surface area (Å²) in [4.78, 5) is 29.2. The largest absolute Gasteiger partial charge is 0.450 e. The maximum absolute atomic E-state index is 12.5. The van der Waals surface area contributed by atoms with Gasteiger partial charge in [-0.05, 0) is 50.5 Å². The zero-order valence-electron chi connectivity index (χ0n) is 15.1. The Labute approximate surface area is 157 Å². The van der Waals surface area contributed by atoms with Crippen LogP contribution in [0, 0.1) is 6.92 Å². The summed E-state index contributed by atoms with van der Waals surface area (Å²) in [5.41, 5.74) is 2.94. The van der Waals surface area contributed by atoms with Gasteiger partial charge in [-0.1, -0.05) is 11.6 Å². The molecule has 6 nitrogen and oxygen atoms in total. The summed E-state index contributed by atoms with van der Waals surface area (Å²) in [6, 6.07) is 5.74. The molecule has 1 fully saturated rings. The number of aromatic amines is 1. The molecule has 0 saturated carbocycles. The average Bonchev–Trinajstić information content (AvgIpc) is 2.91. The molecule has 26 heavy (non-hydrogen) atoms. The van der Waals surface area contributed by atoms with E-state index in [1.807, 2.05) is 25.1 Å². The highest BCUT2D eigenvalue weighted by atomic mass is 35.5. The number of carbonyl (C=O) groups is 2. The highest BCUT2D eigenvalue weighted by molar-refractivity contribution is 6.31. The van der Waals surface area contributed by atoms with Gasteiger partial charge in [0.15, 0.2) is 0 Å². The van der Waals surface area contributed by atoms with Crippen LogP contribution in [-0.2, 0) is 16.0 Å². The highest BCUT2D eigenvalue weighted by Gasteiger charge is 2.25. The van der Waals surface area contributed by atoms with Gasteiger partial charge < -0.3 is 19.9 Å². The molecule has 0 unspecified atom stereocenters. The van der Waals surface area contributed by atoms with Crippen LogP contribution < -0.4 is 5.32 Å². The molecule has 2 amide bonds. The Morgan fingerprint density at radius 1 is 1.35 bits per heavy atom. The van der Waals surface area contributed by atoms with Gasteiger partial charge in [-0.15, -0.1) is 0 Å². The molecular formula is C19H24ClN3O3. The summed E-state index contributed by atoms with van der Waals surface area (Å²) in [7, 11) is 0. The van der Waals surface area contributed by atoms with Crippen molar-refractivity contribution in [3.8, 4) is 0 Å². The van der Waals surface area contributed by atoms with Crippen LogP contribution in [0.2, 0.25) is 5.02 Å². The smallest absolute Gasteiger partial charge is 0.409 e. The van der Waals surface area contributed by atoms with E-state index in [0.717, 1.165) is 35.0 Å². The molecule has 2 heterocycles. The summed E-state index contributed by atoms with van der Waals surface area (Å²) in [5, 5.41) is 4.74. The first-order chi connectivity index (χ1) is 12.5. The minimum absolute atomic E-state index is 0.0106. The number of amides is 2. The second kappa shape index (κ2) is 7.99. The number of nitrogens with one attached hydrogen (secondary N) is 2. The monoisotopic (exact) mass is 377 g/mol. The molecule has 0 bridgehead atoms. The number of rotatable bonds is 4. The number of piperidine rings is 1. The standard InChI is InChI=1S/C19H24ClN3O3/c1-3-26-19(25)23-8-6-14(7-9-23)22-18(24)11-15-12(2)21-17-5-4-13(20)10-16(15)17/h4-5,10,14,21H,3,6-9,11H2,1-2H3,(H,22,24). The van der Waals surface area contributed by atoms with E-state index in [2.05, 4.69) is 10.3 Å². The molecule has 1 aromatic heterocycles. The van der Waals surface area contributed by atoms with Gasteiger partial charge >= 0.3 is 6.09 Å². The number of nitrogens with zero attached hydrogens (tertiary/aromatic N) is 1. The van der Waals surface area contributed by atoms with Gasteiger partial charge in [-0.2, -0.15) is 0 Å². The Bertz CT molecular complexity index is 810. The van der Waals surface area contributed by atoms with E-state index < -0.39 is 0 Å². The van der Waals surface area contributed by atoms with Crippen LogP contribution >= 0.6 is 11.6 Å². The second-order valence-corrected chi connectivity index (χ2v) is 7.06. The molecule has 140 valence electrons. The summed E-state index contributed by atoms with van der Waals surface area (Å²) in [6.45, 7) is 5.35. The lowest BCUT2D eigenvalue weighted by molar-refractivity contribution is -0.121. The van der Waals surface area contributed by atoms with Gasteiger partial charge in [-0.3, -0.25) is 4.79 Å². The lowest BCUT2D eigenvalue weighted by Crippen LogP contribution is -2.47. The second-order valence-electron chi connectivity index (χ2n) is 6.62. The minimum atomic E-state index is -0.274. The topological polar surface area (TPSA) is 74.4 Å². The normalized spacial score (nSPS) is 15.3. The number of fused-ring (bicyclic) bond motifs is 1. The number of H-pyrrole nitrogens is 1. The highest BCUT2D eigenvalue weighted by Crippen LogP contribution is 2.26. The predicted molar refractivity (Wildman–Crippen MR) is 102 cm³/mol. The molecular weight excluding hydrogens is 354 g/mol. The number of hydrogen-bond acceptors (Lipinski definition) is 3. The van der Waals surface area contributed by atoms with Gasteiger partial charge in [0.25, 0.3) is 0 Å². The molecule has 7 heteroatoms. The van der Waals surface area contributed by atoms with Gasteiger partial charge in [0.05, 0.1) is 13.0 Å². The molecule has 2 aromatic rings. The van der Waals surface area contributed by atoms with Crippen molar-refractivity contribution in [3.05, 3.63) is 34.5 Å². The van der Waals surface area contributed by atoms with E-state index in [1.165, 1.54) is 0 Å². The van der Waals surface area contributed by atoms with Gasteiger partial charge in [-0.25, -0.2) is 4.79 Å². The van der Waals surface area contributed by atoms with Crippen LogP contribution in [0.1, 0.15) is 31.0 Å². The fraction of sp³-hybridized carbons (Fsp3) is 0.474. The molecule has 0 spiro atoms. The van der Waals surface area contributed by atoms with Crippen LogP contribution in [0.5, 0.6) is 0 Å². The van der Waals surface area contributed by atoms with Crippen molar-refractivity contribution in [2.75, 3.05) is 19.7 Å². The molecule has 0 radical (unpaired) electrons. The Kier molecular flexibility index (Phi) is 5.71. The SMILES string of the molecule is CCOC(=O)N1CCC(NC(=O)Cc2c(C)[nH]c3ccc(Cl)cc23)CC1. The van der Waals surface area contributed by atoms with Crippen molar-refractivity contribution in [2.45, 2.75) is 39.2 Å². The predicted octanol–water partition coefficient (Wildman–Crippen LogP) is 3.41. The number of hydrogen-bond donors (Lipinski definition) is 2. The van der Waals surface area contributed by atoms with Crippen molar-refractivity contribution >= 4 is 34.5 Å². The lowest BCUT2D eigenvalue weighted by atomic mass is 10.0. The van der Waals surface area contributed by atoms with E-state index in [4.69, 9.17) is 16.3 Å². The Hall–Kier alpha value is -2.21. The van der Waals surface area contributed by atoms with E-state index in [1.54, 1.807) is 11.8 Å². The van der Waals surface area contributed by atoms with Crippen molar-refractivity contribution in [3.63, 3.8) is 0 Å². The number of likely N-dealkylation sites (tertiary alicyclic amines) is 1. The lowest BCUT2D eigenvalue weighted by Gasteiger charge is -2.31. The molecule has 1 aliphatic heterocycles. The average molecular weight is 378 g/mol. The summed E-state index contributed by atoms with van der Waals surface area (Å²) in [6.07, 6.45) is 1.51. The molecule has 1 aliphatic rings. The maximum atomic E-state index is 12.5. The molecule has 0 atom stereocenters. The van der Waals surface area contributed by atoms with Crippen LogP contribution in [0.15, 0.2) is 18.2 Å². The van der Waals surface area contributed by atoms with Crippen molar-refractivity contribution in [1.29, 1.82) is 0 Å². The fourth-order valence-corrected chi connectivity index (χ4v) is 3.61. The number of ether oxygens (including phenoxy) is 1. The van der Waals surface area contributed by atoms with Crippen LogP contribution in [-0.4, -0.2) is 47.6 Å². The van der Waals surface area contributed by atoms with Crippen LogP contribution in [0.25, 0.3) is 10.9 Å². The fourth-order valence-electron chi connectivity index (χ4n) is 3.44. The number of aryl methyl sites for hydroxylation is 1. The Morgan fingerprint density at radius 3 is 2.77 bits per heavy atom. The summed E-state index contributed by atoms with van der Waals surface area (Å²) >= 11 is 6.10. The molecule has 0 aliphatic carbocycles. The quantitative estimate of drug-likeness (QED) is 0.857. The maximum Gasteiger partial charge on any atom is 0.409 e. The summed E-state index contributed by atoms with van der Waals surface area (Å²) in [5.74, 6) is -0.0106. The summed E-state index contributed by atoms with van der Waals surface area (Å²) < 4.78 is 5.02. The first-order valence-corrected chi connectivity index (χ1v) is 9.33. The van der Waals surface area contributed by atoms with Crippen molar-refractivity contribution < 1.29 is 14.3 Å². The van der Waals surface area contributed by atoms with Crippen LogP contribution in [0.4, 0.5) is 4.79 Å². The third-order valence-corrected chi connectivity index (χ3v) is 5.04. The van der Waals surface area contributed by atoms with Gasteiger partial charge in [0.1, 0.15) is 0 Å². The molecule has 1 saturated heterocycles. The Morgan fingerprint density at radius 2 is 2.08 bits per heavy atom. The Balaban J connectivity index is 1.58. The molecule has 3 rings (SSSR count).